The van der Waals surface area contributed by atoms with Crippen molar-refractivity contribution in [1.82, 2.24) is 4.57 Å². The number of pyridine rings is 1. The van der Waals surface area contributed by atoms with Gasteiger partial charge in [-0.1, -0.05) is 42.1 Å². The van der Waals surface area contributed by atoms with Gasteiger partial charge in [0.25, 0.3) is 5.56 Å². The molecule has 140 valence electrons. The van der Waals surface area contributed by atoms with Crippen LogP contribution in [0, 0.1) is 0 Å². The molecule has 0 unspecified atom stereocenters. The van der Waals surface area contributed by atoms with Crippen molar-refractivity contribution >= 4 is 31.2 Å². The van der Waals surface area contributed by atoms with E-state index in [1.54, 1.807) is 4.57 Å². The van der Waals surface area contributed by atoms with Crippen LogP contribution in [0.4, 0.5) is 5.69 Å². The Hall–Kier alpha value is -2.37. The molecule has 0 radical (unpaired) electrons. The van der Waals surface area contributed by atoms with Gasteiger partial charge in [-0.05, 0) is 30.4 Å². The largest absolute Gasteiger partial charge is 0.382 e. The van der Waals surface area contributed by atoms with Gasteiger partial charge in [0.2, 0.25) is 0 Å². The molecule has 4 rings (SSSR count). The summed E-state index contributed by atoms with van der Waals surface area (Å²) in [5.41, 5.74) is 3.51. The zero-order valence-electron chi connectivity index (χ0n) is 16.0. The molecule has 1 N–H and O–H groups in total. The predicted molar refractivity (Wildman–Crippen MR) is 116 cm³/mol. The van der Waals surface area contributed by atoms with Crippen molar-refractivity contribution in [3.63, 3.8) is 0 Å². The summed E-state index contributed by atoms with van der Waals surface area (Å²) in [6.45, 7) is 3.94. The summed E-state index contributed by atoms with van der Waals surface area (Å²) in [4.78, 5) is 12.6. The van der Waals surface area contributed by atoms with Crippen LogP contribution < -0.4 is 16.1 Å². The van der Waals surface area contributed by atoms with Gasteiger partial charge < -0.3 is 14.6 Å². The highest BCUT2D eigenvalue weighted by Gasteiger charge is 2.17. The molecule has 0 bridgehead atoms. The average molecular weight is 379 g/mol. The fourth-order valence-corrected chi connectivity index (χ4v) is 4.61. The third kappa shape index (κ3) is 3.57. The Morgan fingerprint density at radius 1 is 1.07 bits per heavy atom. The van der Waals surface area contributed by atoms with Gasteiger partial charge in [-0.3, -0.25) is 4.79 Å². The molecule has 1 aromatic heterocycles. The Labute approximate surface area is 162 Å². The summed E-state index contributed by atoms with van der Waals surface area (Å²) in [6.07, 6.45) is 4.03. The molecule has 0 saturated carbocycles. The normalized spacial score (nSPS) is 15.6. The number of ether oxygens (including phenoxy) is 1. The highest BCUT2D eigenvalue weighted by Crippen LogP contribution is 2.33. The number of hydrogen-bond donors (Lipinski definition) is 1. The maximum Gasteiger partial charge on any atom is 0.258 e. The molecule has 1 fully saturated rings. The molecule has 2 heterocycles. The number of hydrogen-bond acceptors (Lipinski definition) is 3. The van der Waals surface area contributed by atoms with E-state index in [-0.39, 0.29) is 15.1 Å². The van der Waals surface area contributed by atoms with Crippen LogP contribution in [0.2, 0.25) is 6.55 Å². The Balaban J connectivity index is 1.88. The number of nitrogens with zero attached hydrogens (tertiary/aromatic N) is 1. The second kappa shape index (κ2) is 7.70. The van der Waals surface area contributed by atoms with Crippen molar-refractivity contribution in [2.24, 2.45) is 7.05 Å². The molecule has 0 atom stereocenters. The molecule has 0 aliphatic carbocycles. The first-order valence-corrected chi connectivity index (χ1v) is 11.9. The molecule has 2 aromatic carbocycles. The zero-order chi connectivity index (χ0) is 18.8. The van der Waals surface area contributed by atoms with Gasteiger partial charge in [0, 0.05) is 54.7 Å². The molecule has 1 saturated heterocycles. The highest BCUT2D eigenvalue weighted by atomic mass is 28.2. The van der Waals surface area contributed by atoms with Gasteiger partial charge in [-0.15, -0.1) is 0 Å². The van der Waals surface area contributed by atoms with Gasteiger partial charge in [0.05, 0.1) is 9.52 Å². The van der Waals surface area contributed by atoms with Crippen LogP contribution in [-0.4, -0.2) is 33.3 Å². The molecule has 4 nitrogen and oxygen atoms in total. The summed E-state index contributed by atoms with van der Waals surface area (Å²) >= 11 is 0. The maximum absolute atomic E-state index is 12.6. The summed E-state index contributed by atoms with van der Waals surface area (Å²) in [5.74, 6) is 0. The van der Waals surface area contributed by atoms with Gasteiger partial charge in [0.15, 0.2) is 0 Å². The SMILES string of the molecule is C[SiH2]c1ccc(NC2CCOCC2)c(-c2cn(C)c(=O)c3ccccc23)c1. The third-order valence-electron chi connectivity index (χ3n) is 5.45. The first kappa shape index (κ1) is 18.0. The van der Waals surface area contributed by atoms with E-state index in [1.165, 1.54) is 10.8 Å². The molecule has 0 spiro atoms. The van der Waals surface area contributed by atoms with Gasteiger partial charge in [-0.2, -0.15) is 0 Å². The van der Waals surface area contributed by atoms with Crippen molar-refractivity contribution in [3.05, 3.63) is 59.0 Å². The second-order valence-electron chi connectivity index (χ2n) is 7.27. The van der Waals surface area contributed by atoms with E-state index in [0.29, 0.717) is 6.04 Å². The average Bonchev–Trinajstić information content (AvgIpc) is 2.72. The number of rotatable bonds is 4. The summed E-state index contributed by atoms with van der Waals surface area (Å²) in [6, 6.07) is 15.1. The number of anilines is 1. The van der Waals surface area contributed by atoms with Crippen molar-refractivity contribution < 1.29 is 4.74 Å². The van der Waals surface area contributed by atoms with Crippen LogP contribution in [0.1, 0.15) is 12.8 Å². The van der Waals surface area contributed by atoms with Crippen LogP contribution in [0.25, 0.3) is 21.9 Å². The predicted octanol–water partition coefficient (Wildman–Crippen LogP) is 2.64. The number of nitrogens with one attached hydrogen (secondary N) is 1. The van der Waals surface area contributed by atoms with Gasteiger partial charge in [0.1, 0.15) is 0 Å². The summed E-state index contributed by atoms with van der Waals surface area (Å²) < 4.78 is 7.20. The molecular formula is C22H26N2O2Si. The molecule has 1 aliphatic heterocycles. The van der Waals surface area contributed by atoms with E-state index in [1.807, 2.05) is 31.4 Å². The minimum absolute atomic E-state index is 0.0503. The van der Waals surface area contributed by atoms with Crippen LogP contribution in [-0.2, 0) is 11.8 Å². The molecule has 27 heavy (non-hydrogen) atoms. The standard InChI is InChI=1S/C22H26N2O2Si/c1-24-14-20(17-5-3-4-6-18(17)22(24)25)19-13-16(27-2)7-8-21(19)23-15-9-11-26-12-10-15/h3-8,13-15,23H,9-12,27H2,1-2H3. The van der Waals surface area contributed by atoms with Crippen molar-refractivity contribution in [1.29, 1.82) is 0 Å². The fourth-order valence-electron chi connectivity index (χ4n) is 3.85. The van der Waals surface area contributed by atoms with Gasteiger partial charge >= 0.3 is 0 Å². The number of fused-ring (bicyclic) bond motifs is 1. The number of aryl methyl sites for hydroxylation is 1. The van der Waals surface area contributed by atoms with Crippen LogP contribution in [0.3, 0.4) is 0 Å². The Morgan fingerprint density at radius 3 is 2.56 bits per heavy atom. The van der Waals surface area contributed by atoms with E-state index < -0.39 is 0 Å². The van der Waals surface area contributed by atoms with E-state index in [9.17, 15) is 4.79 Å². The second-order valence-corrected chi connectivity index (χ2v) is 8.79. The lowest BCUT2D eigenvalue weighted by atomic mass is 9.98. The van der Waals surface area contributed by atoms with Crippen molar-refractivity contribution in [2.75, 3.05) is 18.5 Å². The Kier molecular flexibility index (Phi) is 5.14. The van der Waals surface area contributed by atoms with E-state index in [2.05, 4.69) is 36.1 Å². The van der Waals surface area contributed by atoms with Crippen LogP contribution >= 0.6 is 0 Å². The Bertz CT molecular complexity index is 1020. The topological polar surface area (TPSA) is 43.3 Å². The summed E-state index contributed by atoms with van der Waals surface area (Å²) in [5, 5.41) is 6.97. The zero-order valence-corrected chi connectivity index (χ0v) is 17.4. The van der Waals surface area contributed by atoms with Crippen LogP contribution in [0.5, 0.6) is 0 Å². The lowest BCUT2D eigenvalue weighted by molar-refractivity contribution is 0.0904. The van der Waals surface area contributed by atoms with Crippen molar-refractivity contribution in [2.45, 2.75) is 25.4 Å². The molecular weight excluding hydrogens is 352 g/mol. The van der Waals surface area contributed by atoms with E-state index in [4.69, 9.17) is 4.74 Å². The number of aromatic nitrogens is 1. The highest BCUT2D eigenvalue weighted by molar-refractivity contribution is 6.52. The fraction of sp³-hybridized carbons (Fsp3) is 0.318. The molecule has 1 aliphatic rings. The monoisotopic (exact) mass is 378 g/mol. The minimum Gasteiger partial charge on any atom is -0.382 e. The number of benzene rings is 2. The third-order valence-corrected chi connectivity index (χ3v) is 6.71. The quantitative estimate of drug-likeness (QED) is 0.710. The first-order chi connectivity index (χ1) is 13.2. The van der Waals surface area contributed by atoms with Crippen molar-refractivity contribution in [3.8, 4) is 11.1 Å². The molecule has 5 heteroatoms. The first-order valence-electron chi connectivity index (χ1n) is 9.73. The maximum atomic E-state index is 12.6. The molecule has 0 amide bonds. The lowest BCUT2D eigenvalue weighted by Crippen LogP contribution is -2.28. The minimum atomic E-state index is -0.267. The smallest absolute Gasteiger partial charge is 0.258 e. The van der Waals surface area contributed by atoms with E-state index >= 15 is 0 Å². The van der Waals surface area contributed by atoms with E-state index in [0.717, 1.165) is 48.1 Å². The Morgan fingerprint density at radius 2 is 1.81 bits per heavy atom. The lowest BCUT2D eigenvalue weighted by Gasteiger charge is -2.26. The van der Waals surface area contributed by atoms with Crippen LogP contribution in [0.15, 0.2) is 53.5 Å². The molecule has 3 aromatic rings. The van der Waals surface area contributed by atoms with Gasteiger partial charge in [-0.25, -0.2) is 0 Å². The summed E-state index contributed by atoms with van der Waals surface area (Å²) in [7, 11) is 1.57.